The molecule has 0 atom stereocenters. The Bertz CT molecular complexity index is 1170. The number of H-pyrrole nitrogens is 1. The van der Waals surface area contributed by atoms with Gasteiger partial charge in [-0.15, -0.1) is 0 Å². The summed E-state index contributed by atoms with van der Waals surface area (Å²) in [6.45, 7) is 2.45. The fraction of sp³-hybridized carbons (Fsp3) is 0.292. The molecule has 32 heavy (non-hydrogen) atoms. The molecular weight excluding hydrogens is 411 g/mol. The maximum Gasteiger partial charge on any atom is 0.330 e. The molecule has 1 heterocycles. The van der Waals surface area contributed by atoms with Crippen molar-refractivity contribution in [2.45, 2.75) is 45.7 Å². The van der Waals surface area contributed by atoms with E-state index in [0.29, 0.717) is 19.4 Å². The number of halogens is 1. The third-order valence-corrected chi connectivity index (χ3v) is 5.24. The Hall–Kier alpha value is -3.68. The number of unbranched alkanes of at least 4 members (excludes halogenated alkanes) is 1. The lowest BCUT2D eigenvalue weighted by atomic mass is 10.1. The maximum absolute atomic E-state index is 13.3. The zero-order valence-corrected chi connectivity index (χ0v) is 18.0. The highest BCUT2D eigenvalue weighted by Crippen LogP contribution is 2.21. The van der Waals surface area contributed by atoms with Crippen LogP contribution in [0, 0.1) is 5.82 Å². The number of carbonyl (C=O) groups excluding carboxylic acids is 1. The van der Waals surface area contributed by atoms with Crippen LogP contribution in [-0.4, -0.2) is 15.5 Å². The number of nitrogens with one attached hydrogen (secondary N) is 1. The van der Waals surface area contributed by atoms with Crippen molar-refractivity contribution in [2.75, 3.05) is 10.6 Å². The van der Waals surface area contributed by atoms with Gasteiger partial charge in [0.15, 0.2) is 5.69 Å². The van der Waals surface area contributed by atoms with E-state index in [9.17, 15) is 18.8 Å². The Morgan fingerprint density at radius 2 is 1.75 bits per heavy atom. The number of rotatable bonds is 9. The van der Waals surface area contributed by atoms with Gasteiger partial charge in [0, 0.05) is 13.0 Å². The molecule has 0 unspecified atom stereocenters. The van der Waals surface area contributed by atoms with Crippen LogP contribution in [0.15, 0.2) is 64.2 Å². The van der Waals surface area contributed by atoms with E-state index in [1.807, 2.05) is 37.3 Å². The number of carbonyl (C=O) groups is 1. The lowest BCUT2D eigenvalue weighted by Crippen LogP contribution is -2.41. The monoisotopic (exact) mass is 438 g/mol. The van der Waals surface area contributed by atoms with Gasteiger partial charge in [-0.1, -0.05) is 55.8 Å². The summed E-state index contributed by atoms with van der Waals surface area (Å²) in [5, 5.41) is 0. The summed E-state index contributed by atoms with van der Waals surface area (Å²) in [6, 6.07) is 15.2. The molecule has 168 valence electrons. The fourth-order valence-corrected chi connectivity index (χ4v) is 3.47. The standard InChI is InChI=1S/C24H27FN4O3/c1-2-3-15-28-22(26)21(23(31)27-24(28)32)29(16-18-7-5-4-6-8-18)20(30)14-11-17-9-12-19(25)13-10-17/h4-10,12-13H,2-3,11,14-16,26H2,1H3,(H,27,31,32). The molecule has 2 aromatic carbocycles. The Kier molecular flexibility index (Phi) is 7.59. The number of hydrogen-bond donors (Lipinski definition) is 2. The normalized spacial score (nSPS) is 10.8. The highest BCUT2D eigenvalue weighted by molar-refractivity contribution is 5.95. The molecule has 3 aromatic rings. The Balaban J connectivity index is 1.97. The minimum atomic E-state index is -0.702. The van der Waals surface area contributed by atoms with Crippen LogP contribution in [0.25, 0.3) is 0 Å². The molecule has 0 fully saturated rings. The van der Waals surface area contributed by atoms with Crippen LogP contribution in [-0.2, 0) is 24.3 Å². The number of benzene rings is 2. The molecule has 8 heteroatoms. The average molecular weight is 439 g/mol. The zero-order chi connectivity index (χ0) is 23.1. The van der Waals surface area contributed by atoms with E-state index < -0.39 is 11.2 Å². The number of aromatic amines is 1. The predicted octanol–water partition coefficient (Wildman–Crippen LogP) is 3.22. The first-order valence-corrected chi connectivity index (χ1v) is 10.6. The minimum Gasteiger partial charge on any atom is -0.383 e. The van der Waals surface area contributed by atoms with Crippen LogP contribution in [0.4, 0.5) is 15.9 Å². The molecule has 0 aliphatic heterocycles. The van der Waals surface area contributed by atoms with E-state index in [-0.39, 0.29) is 36.2 Å². The second-order valence-corrected chi connectivity index (χ2v) is 7.59. The number of nitrogens with two attached hydrogens (primary N) is 1. The van der Waals surface area contributed by atoms with Crippen molar-refractivity contribution in [1.82, 2.24) is 9.55 Å². The SMILES string of the molecule is CCCCn1c(N)c(N(Cc2ccccc2)C(=O)CCc2ccc(F)cc2)c(=O)[nH]c1=O. The third-order valence-electron chi connectivity index (χ3n) is 5.24. The summed E-state index contributed by atoms with van der Waals surface area (Å²) in [7, 11) is 0. The molecule has 0 aliphatic rings. The first kappa shape index (κ1) is 23.0. The quantitative estimate of drug-likeness (QED) is 0.536. The number of anilines is 2. The van der Waals surface area contributed by atoms with Crippen LogP contribution in [0.5, 0.6) is 0 Å². The van der Waals surface area contributed by atoms with E-state index in [0.717, 1.165) is 17.5 Å². The number of nitrogen functional groups attached to an aromatic ring is 1. The number of aryl methyl sites for hydroxylation is 1. The first-order valence-electron chi connectivity index (χ1n) is 10.6. The van der Waals surface area contributed by atoms with Crippen molar-refractivity contribution in [3.8, 4) is 0 Å². The van der Waals surface area contributed by atoms with Gasteiger partial charge in [-0.3, -0.25) is 19.1 Å². The summed E-state index contributed by atoms with van der Waals surface area (Å²) >= 11 is 0. The molecule has 0 saturated carbocycles. The molecule has 3 N–H and O–H groups in total. The van der Waals surface area contributed by atoms with Crippen molar-refractivity contribution < 1.29 is 9.18 Å². The first-order chi connectivity index (χ1) is 15.4. The largest absolute Gasteiger partial charge is 0.383 e. The van der Waals surface area contributed by atoms with E-state index in [4.69, 9.17) is 5.73 Å². The van der Waals surface area contributed by atoms with Gasteiger partial charge < -0.3 is 10.6 Å². The minimum absolute atomic E-state index is 0.0294. The van der Waals surface area contributed by atoms with Gasteiger partial charge in [0.2, 0.25) is 5.91 Å². The van der Waals surface area contributed by atoms with Gasteiger partial charge in [0.05, 0.1) is 6.54 Å². The molecule has 0 spiro atoms. The third kappa shape index (κ3) is 5.51. The van der Waals surface area contributed by atoms with Crippen molar-refractivity contribution in [1.29, 1.82) is 0 Å². The predicted molar refractivity (Wildman–Crippen MR) is 123 cm³/mol. The lowest BCUT2D eigenvalue weighted by Gasteiger charge is -2.25. The molecule has 3 rings (SSSR count). The Labute approximate surface area is 185 Å². The molecular formula is C24H27FN4O3. The second-order valence-electron chi connectivity index (χ2n) is 7.59. The number of hydrogen-bond acceptors (Lipinski definition) is 4. The molecule has 0 radical (unpaired) electrons. The van der Waals surface area contributed by atoms with E-state index in [1.165, 1.54) is 21.6 Å². The summed E-state index contributed by atoms with van der Waals surface area (Å²) < 4.78 is 14.5. The van der Waals surface area contributed by atoms with Crippen molar-refractivity contribution in [3.63, 3.8) is 0 Å². The summed E-state index contributed by atoms with van der Waals surface area (Å²) in [6.07, 6.45) is 2.00. The summed E-state index contributed by atoms with van der Waals surface area (Å²) in [5.41, 5.74) is 6.53. The van der Waals surface area contributed by atoms with Crippen LogP contribution in [0.3, 0.4) is 0 Å². The fourth-order valence-electron chi connectivity index (χ4n) is 3.47. The molecule has 0 bridgehead atoms. The van der Waals surface area contributed by atoms with E-state index in [1.54, 1.807) is 12.1 Å². The molecule has 1 aromatic heterocycles. The average Bonchev–Trinajstić information content (AvgIpc) is 2.78. The number of aromatic nitrogens is 2. The lowest BCUT2D eigenvalue weighted by molar-refractivity contribution is -0.118. The molecule has 0 aliphatic carbocycles. The van der Waals surface area contributed by atoms with Crippen molar-refractivity contribution in [3.05, 3.63) is 92.4 Å². The van der Waals surface area contributed by atoms with Gasteiger partial charge in [-0.05, 0) is 36.1 Å². The Morgan fingerprint density at radius 3 is 2.41 bits per heavy atom. The van der Waals surface area contributed by atoms with Crippen LogP contribution in [0.1, 0.15) is 37.3 Å². The van der Waals surface area contributed by atoms with Crippen LogP contribution >= 0.6 is 0 Å². The van der Waals surface area contributed by atoms with E-state index >= 15 is 0 Å². The Morgan fingerprint density at radius 1 is 1.06 bits per heavy atom. The molecule has 0 saturated heterocycles. The smallest absolute Gasteiger partial charge is 0.330 e. The van der Waals surface area contributed by atoms with Gasteiger partial charge in [0.1, 0.15) is 11.6 Å². The van der Waals surface area contributed by atoms with Crippen LogP contribution < -0.4 is 21.9 Å². The summed E-state index contributed by atoms with van der Waals surface area (Å²) in [4.78, 5) is 41.9. The maximum atomic E-state index is 13.3. The van der Waals surface area contributed by atoms with Gasteiger partial charge in [0.25, 0.3) is 5.56 Å². The second kappa shape index (κ2) is 10.6. The van der Waals surface area contributed by atoms with Crippen LogP contribution in [0.2, 0.25) is 0 Å². The topological polar surface area (TPSA) is 101 Å². The summed E-state index contributed by atoms with van der Waals surface area (Å²) in [5.74, 6) is -0.700. The van der Waals surface area contributed by atoms with Gasteiger partial charge in [-0.25, -0.2) is 9.18 Å². The van der Waals surface area contributed by atoms with Crippen molar-refractivity contribution in [2.24, 2.45) is 0 Å². The zero-order valence-electron chi connectivity index (χ0n) is 18.0. The molecule has 7 nitrogen and oxygen atoms in total. The van der Waals surface area contributed by atoms with Gasteiger partial charge in [-0.2, -0.15) is 0 Å². The van der Waals surface area contributed by atoms with Gasteiger partial charge >= 0.3 is 5.69 Å². The van der Waals surface area contributed by atoms with E-state index in [2.05, 4.69) is 4.98 Å². The number of nitrogens with zero attached hydrogens (tertiary/aromatic N) is 2. The van der Waals surface area contributed by atoms with Crippen molar-refractivity contribution >= 4 is 17.4 Å². The highest BCUT2D eigenvalue weighted by atomic mass is 19.1. The molecule has 1 amide bonds. The number of amides is 1. The highest BCUT2D eigenvalue weighted by Gasteiger charge is 2.24.